The van der Waals surface area contributed by atoms with Crippen molar-refractivity contribution < 1.29 is 0 Å². The predicted octanol–water partition coefficient (Wildman–Crippen LogP) is 5.71. The van der Waals surface area contributed by atoms with E-state index in [4.69, 9.17) is 11.6 Å². The zero-order valence-corrected chi connectivity index (χ0v) is 17.2. The average Bonchev–Trinajstić information content (AvgIpc) is 3.18. The van der Waals surface area contributed by atoms with Crippen molar-refractivity contribution in [2.75, 3.05) is 18.0 Å². The Morgan fingerprint density at radius 1 is 1.20 bits per heavy atom. The maximum Gasteiger partial charge on any atom is 0.0444 e. The van der Waals surface area contributed by atoms with Crippen LogP contribution in [-0.2, 0) is 0 Å². The average molecular weight is 377 g/mol. The molecule has 3 fully saturated rings. The number of benzene rings is 1. The largest absolute Gasteiger partial charge is 0.367 e. The molecule has 0 radical (unpaired) electrons. The highest BCUT2D eigenvalue weighted by Crippen LogP contribution is 2.58. The van der Waals surface area contributed by atoms with Crippen LogP contribution >= 0.6 is 23.5 Å². The van der Waals surface area contributed by atoms with E-state index >= 15 is 0 Å². The smallest absolute Gasteiger partial charge is 0.0444 e. The van der Waals surface area contributed by atoms with Crippen LogP contribution in [-0.4, -0.2) is 33.7 Å². The minimum absolute atomic E-state index is 0.298. The zero-order chi connectivity index (χ0) is 17.4. The molecule has 0 aromatic heterocycles. The number of rotatable bonds is 2. The molecule has 0 bridgehead atoms. The first-order chi connectivity index (χ1) is 11.8. The van der Waals surface area contributed by atoms with E-state index in [-0.39, 0.29) is 0 Å². The molecule has 4 aliphatic rings. The fourth-order valence-corrected chi connectivity index (χ4v) is 6.85. The standard InChI is InChI=1S/C21H29ClN2S/c1-20(2,3)25-24-13-16(11-21(24)7-4-8-21)23-12-14-9-17(14)18-10-15(22)5-6-19(18)23/h5-6,10,14,16-17H,4,7-9,11-13H2,1-3H3. The fraction of sp³-hybridized carbons (Fsp3) is 0.714. The molecule has 1 saturated heterocycles. The number of hydrogen-bond donors (Lipinski definition) is 0. The number of hydrogen-bond acceptors (Lipinski definition) is 3. The summed E-state index contributed by atoms with van der Waals surface area (Å²) in [5.74, 6) is 1.65. The van der Waals surface area contributed by atoms with E-state index in [1.807, 2.05) is 0 Å². The first kappa shape index (κ1) is 16.8. The van der Waals surface area contributed by atoms with Crippen molar-refractivity contribution in [3.05, 3.63) is 28.8 Å². The third kappa shape index (κ3) is 2.82. The van der Waals surface area contributed by atoms with Crippen LogP contribution < -0.4 is 4.90 Å². The maximum absolute atomic E-state index is 6.31. The molecule has 2 nitrogen and oxygen atoms in total. The molecule has 3 unspecified atom stereocenters. The van der Waals surface area contributed by atoms with Crippen LogP contribution in [0.25, 0.3) is 0 Å². The van der Waals surface area contributed by atoms with Gasteiger partial charge in [0.05, 0.1) is 0 Å². The molecule has 4 heteroatoms. The molecule has 2 aliphatic heterocycles. The molecule has 5 rings (SSSR count). The first-order valence-electron chi connectivity index (χ1n) is 9.88. The Hall–Kier alpha value is -0.380. The summed E-state index contributed by atoms with van der Waals surface area (Å²) in [4.78, 5) is 2.75. The lowest BCUT2D eigenvalue weighted by Gasteiger charge is -2.46. The van der Waals surface area contributed by atoms with Crippen molar-refractivity contribution in [3.63, 3.8) is 0 Å². The van der Waals surface area contributed by atoms with E-state index in [2.05, 4.69) is 60.1 Å². The van der Waals surface area contributed by atoms with E-state index in [1.54, 1.807) is 0 Å². The van der Waals surface area contributed by atoms with Crippen LogP contribution in [0.1, 0.15) is 64.4 Å². The molecule has 1 aromatic carbocycles. The number of halogens is 1. The molecule has 25 heavy (non-hydrogen) atoms. The molecular weight excluding hydrogens is 348 g/mol. The molecule has 1 aromatic rings. The van der Waals surface area contributed by atoms with Gasteiger partial charge in [-0.3, -0.25) is 0 Å². The van der Waals surface area contributed by atoms with Crippen LogP contribution in [0.2, 0.25) is 5.02 Å². The van der Waals surface area contributed by atoms with Crippen LogP contribution in [0.3, 0.4) is 0 Å². The van der Waals surface area contributed by atoms with Crippen molar-refractivity contribution in [3.8, 4) is 0 Å². The lowest BCUT2D eigenvalue weighted by molar-refractivity contribution is 0.136. The summed E-state index contributed by atoms with van der Waals surface area (Å²) in [7, 11) is 0. The molecule has 2 saturated carbocycles. The Labute approximate surface area is 161 Å². The molecule has 0 N–H and O–H groups in total. The highest BCUT2D eigenvalue weighted by atomic mass is 35.5. The lowest BCUT2D eigenvalue weighted by Crippen LogP contribution is -2.47. The van der Waals surface area contributed by atoms with E-state index < -0.39 is 0 Å². The van der Waals surface area contributed by atoms with Crippen molar-refractivity contribution >= 4 is 29.2 Å². The second-order valence-electron chi connectivity index (χ2n) is 9.66. The molecule has 1 spiro atoms. The van der Waals surface area contributed by atoms with Crippen molar-refractivity contribution in [1.29, 1.82) is 0 Å². The van der Waals surface area contributed by atoms with Gasteiger partial charge in [0.15, 0.2) is 0 Å². The Kier molecular flexibility index (Phi) is 3.73. The van der Waals surface area contributed by atoms with Gasteiger partial charge < -0.3 is 4.90 Å². The highest BCUT2D eigenvalue weighted by Gasteiger charge is 2.54. The maximum atomic E-state index is 6.31. The number of fused-ring (bicyclic) bond motifs is 3. The Bertz CT molecular complexity index is 694. The fourth-order valence-electron chi connectivity index (χ4n) is 5.31. The minimum Gasteiger partial charge on any atom is -0.367 e. The Balaban J connectivity index is 1.43. The van der Waals surface area contributed by atoms with E-state index in [9.17, 15) is 0 Å². The highest BCUT2D eigenvalue weighted by molar-refractivity contribution is 7.98. The van der Waals surface area contributed by atoms with Crippen LogP contribution in [0, 0.1) is 5.92 Å². The first-order valence-corrected chi connectivity index (χ1v) is 11.0. The van der Waals surface area contributed by atoms with Gasteiger partial charge in [0.2, 0.25) is 0 Å². The molecule has 136 valence electrons. The molecule has 2 aliphatic carbocycles. The summed E-state index contributed by atoms with van der Waals surface area (Å²) in [6.45, 7) is 9.52. The van der Waals surface area contributed by atoms with Gasteiger partial charge >= 0.3 is 0 Å². The summed E-state index contributed by atoms with van der Waals surface area (Å²) < 4.78 is 3.07. The monoisotopic (exact) mass is 376 g/mol. The molecule has 0 amide bonds. The van der Waals surface area contributed by atoms with Gasteiger partial charge in [-0.15, -0.1) is 0 Å². The topological polar surface area (TPSA) is 6.48 Å². The number of anilines is 1. The van der Waals surface area contributed by atoms with Gasteiger partial charge in [-0.25, -0.2) is 4.31 Å². The van der Waals surface area contributed by atoms with Crippen molar-refractivity contribution in [2.45, 2.75) is 75.1 Å². The van der Waals surface area contributed by atoms with E-state index in [0.29, 0.717) is 16.3 Å². The Morgan fingerprint density at radius 2 is 2.00 bits per heavy atom. The minimum atomic E-state index is 0.298. The van der Waals surface area contributed by atoms with Crippen LogP contribution in [0.15, 0.2) is 18.2 Å². The summed E-state index contributed by atoms with van der Waals surface area (Å²) in [5.41, 5.74) is 3.47. The quantitative estimate of drug-likeness (QED) is 0.610. The molecular formula is C21H29ClN2S. The lowest BCUT2D eigenvalue weighted by atomic mass is 9.75. The number of nitrogens with zero attached hydrogens (tertiary/aromatic N) is 2. The third-order valence-electron chi connectivity index (χ3n) is 6.68. The van der Waals surface area contributed by atoms with E-state index in [0.717, 1.165) is 16.9 Å². The Morgan fingerprint density at radius 3 is 2.68 bits per heavy atom. The van der Waals surface area contributed by atoms with Gasteiger partial charge in [0.25, 0.3) is 0 Å². The second-order valence-corrected chi connectivity index (χ2v) is 11.9. The second kappa shape index (κ2) is 5.56. The van der Waals surface area contributed by atoms with E-state index in [1.165, 1.54) is 56.4 Å². The molecule has 2 heterocycles. The summed E-state index contributed by atoms with van der Waals surface area (Å²) in [5, 5.41) is 0.901. The van der Waals surface area contributed by atoms with Crippen LogP contribution in [0.4, 0.5) is 5.69 Å². The summed E-state index contributed by atoms with van der Waals surface area (Å²) in [6, 6.07) is 7.28. The summed E-state index contributed by atoms with van der Waals surface area (Å²) in [6.07, 6.45) is 6.89. The zero-order valence-electron chi connectivity index (χ0n) is 15.6. The predicted molar refractivity (Wildman–Crippen MR) is 109 cm³/mol. The van der Waals surface area contributed by atoms with Crippen molar-refractivity contribution in [2.24, 2.45) is 5.92 Å². The van der Waals surface area contributed by atoms with Crippen molar-refractivity contribution in [1.82, 2.24) is 4.31 Å². The molecule has 3 atom stereocenters. The van der Waals surface area contributed by atoms with Gasteiger partial charge in [0, 0.05) is 40.1 Å². The van der Waals surface area contributed by atoms with Gasteiger partial charge in [-0.1, -0.05) is 23.5 Å². The van der Waals surface area contributed by atoms with Crippen LogP contribution in [0.5, 0.6) is 0 Å². The van der Waals surface area contributed by atoms with Gasteiger partial charge in [-0.05, 0) is 88.5 Å². The third-order valence-corrected chi connectivity index (χ3v) is 8.22. The van der Waals surface area contributed by atoms with Gasteiger partial charge in [0.1, 0.15) is 0 Å². The van der Waals surface area contributed by atoms with Gasteiger partial charge in [-0.2, -0.15) is 0 Å². The normalized spacial score (nSPS) is 33.1. The SMILES string of the molecule is CC(C)(C)SN1CC(N2CC3CC3c3cc(Cl)ccc32)CC12CCC2. The summed E-state index contributed by atoms with van der Waals surface area (Å²) >= 11 is 8.41.